The fraction of sp³-hybridized carbons (Fsp3) is 0.857. The van der Waals surface area contributed by atoms with Crippen molar-refractivity contribution in [2.75, 3.05) is 12.3 Å². The first kappa shape index (κ1) is 14.7. The highest BCUT2D eigenvalue weighted by atomic mass is 32.2. The van der Waals surface area contributed by atoms with Crippen molar-refractivity contribution in [3.63, 3.8) is 0 Å². The first-order chi connectivity index (χ1) is 8.89. The quantitative estimate of drug-likeness (QED) is 0.835. The molecule has 2 rings (SSSR count). The number of thioether (sulfide) groups is 1. The Hall–Kier alpha value is -0.710. The number of amidine groups is 1. The normalized spacial score (nSPS) is 23.8. The van der Waals surface area contributed by atoms with Gasteiger partial charge in [-0.25, -0.2) is 0 Å². The van der Waals surface area contributed by atoms with Crippen molar-refractivity contribution in [3.05, 3.63) is 0 Å². The molecule has 1 aliphatic carbocycles. The summed E-state index contributed by atoms with van der Waals surface area (Å²) in [6, 6.07) is 0. The summed E-state index contributed by atoms with van der Waals surface area (Å²) in [5, 5.41) is 7.56. The third-order valence-electron chi connectivity index (χ3n) is 3.53. The molecule has 1 spiro atoms. The lowest BCUT2D eigenvalue weighted by molar-refractivity contribution is -0.122. The lowest BCUT2D eigenvalue weighted by Gasteiger charge is -2.21. The molecule has 0 aromatic heterocycles. The first-order valence-corrected chi connectivity index (χ1v) is 8.14. The van der Waals surface area contributed by atoms with Gasteiger partial charge in [0, 0.05) is 23.3 Å². The summed E-state index contributed by atoms with van der Waals surface area (Å²) >= 11 is 1.81. The molecule has 0 aromatic carbocycles. The highest BCUT2D eigenvalue weighted by molar-refractivity contribution is 8.14. The Balaban J connectivity index is 1.73. The fourth-order valence-corrected chi connectivity index (χ4v) is 3.90. The molecule has 1 saturated heterocycles. The van der Waals surface area contributed by atoms with E-state index in [0.29, 0.717) is 18.5 Å². The Labute approximate surface area is 120 Å². The monoisotopic (exact) mass is 283 g/mol. The molecule has 0 unspecified atom stereocenters. The number of hydrogen-bond donors (Lipinski definition) is 2. The number of hydrogen-bond acceptors (Lipinski definition) is 3. The van der Waals surface area contributed by atoms with E-state index in [2.05, 4.69) is 15.6 Å². The highest BCUT2D eigenvalue weighted by Crippen LogP contribution is 2.37. The zero-order valence-corrected chi connectivity index (χ0v) is 13.0. The zero-order valence-electron chi connectivity index (χ0n) is 12.2. The summed E-state index contributed by atoms with van der Waals surface area (Å²) in [7, 11) is 0. The van der Waals surface area contributed by atoms with Crippen molar-refractivity contribution in [2.45, 2.75) is 64.0 Å². The second kappa shape index (κ2) is 5.73. The number of nitrogens with one attached hydrogen (secondary N) is 2. The predicted octanol–water partition coefficient (Wildman–Crippen LogP) is 2.30. The van der Waals surface area contributed by atoms with Crippen molar-refractivity contribution >= 4 is 22.8 Å². The zero-order chi connectivity index (χ0) is 13.9. The molecule has 5 heteroatoms. The van der Waals surface area contributed by atoms with Gasteiger partial charge in [-0.2, -0.15) is 0 Å². The SMILES string of the molecule is CC(C)(C)NC(=O)CCN=C1NC2(CCCC2)CS1. The van der Waals surface area contributed by atoms with Gasteiger partial charge in [0.05, 0.1) is 6.54 Å². The van der Waals surface area contributed by atoms with E-state index in [1.54, 1.807) is 0 Å². The molecular weight excluding hydrogens is 258 g/mol. The minimum absolute atomic E-state index is 0.0791. The molecule has 2 fully saturated rings. The van der Waals surface area contributed by atoms with Gasteiger partial charge in [-0.3, -0.25) is 9.79 Å². The van der Waals surface area contributed by atoms with Gasteiger partial charge < -0.3 is 10.6 Å². The molecule has 0 atom stereocenters. The average molecular weight is 283 g/mol. The van der Waals surface area contributed by atoms with Crippen LogP contribution in [0.25, 0.3) is 0 Å². The largest absolute Gasteiger partial charge is 0.359 e. The van der Waals surface area contributed by atoms with Crippen LogP contribution in [0, 0.1) is 0 Å². The number of aliphatic imine (C=N–C) groups is 1. The number of carbonyl (C=O) groups is 1. The van der Waals surface area contributed by atoms with Gasteiger partial charge in [0.2, 0.25) is 5.91 Å². The predicted molar refractivity (Wildman–Crippen MR) is 81.6 cm³/mol. The fourth-order valence-electron chi connectivity index (χ4n) is 2.65. The van der Waals surface area contributed by atoms with Gasteiger partial charge in [0.1, 0.15) is 0 Å². The lowest BCUT2D eigenvalue weighted by atomic mass is 10.0. The summed E-state index contributed by atoms with van der Waals surface area (Å²) in [5.74, 6) is 1.22. The van der Waals surface area contributed by atoms with Gasteiger partial charge in [0.15, 0.2) is 5.17 Å². The van der Waals surface area contributed by atoms with E-state index in [-0.39, 0.29) is 11.4 Å². The van der Waals surface area contributed by atoms with Crippen LogP contribution in [0.2, 0.25) is 0 Å². The van der Waals surface area contributed by atoms with Gasteiger partial charge in [0.25, 0.3) is 0 Å². The number of rotatable bonds is 3. The standard InChI is InChI=1S/C14H25N3OS/c1-13(2,3)16-11(18)6-9-15-12-17-14(10-19-12)7-4-5-8-14/h4-10H2,1-3H3,(H,15,17)(H,16,18). The third-order valence-corrected chi connectivity index (χ3v) is 4.73. The molecule has 19 heavy (non-hydrogen) atoms. The van der Waals surface area contributed by atoms with E-state index in [4.69, 9.17) is 0 Å². The second-order valence-corrected chi connectivity index (χ2v) is 7.60. The average Bonchev–Trinajstić information content (AvgIpc) is 2.88. The molecule has 1 aliphatic heterocycles. The molecule has 4 nitrogen and oxygen atoms in total. The van der Waals surface area contributed by atoms with Crippen LogP contribution >= 0.6 is 11.8 Å². The van der Waals surface area contributed by atoms with Crippen molar-refractivity contribution in [3.8, 4) is 0 Å². The molecule has 0 bridgehead atoms. The summed E-state index contributed by atoms with van der Waals surface area (Å²) in [5.41, 5.74) is 0.162. The molecular formula is C14H25N3OS. The minimum Gasteiger partial charge on any atom is -0.359 e. The van der Waals surface area contributed by atoms with Crippen LogP contribution in [0.1, 0.15) is 52.9 Å². The van der Waals surface area contributed by atoms with Crippen LogP contribution in [0.15, 0.2) is 4.99 Å². The van der Waals surface area contributed by atoms with Crippen molar-refractivity contribution in [1.29, 1.82) is 0 Å². The van der Waals surface area contributed by atoms with Crippen LogP contribution in [0.5, 0.6) is 0 Å². The van der Waals surface area contributed by atoms with E-state index < -0.39 is 0 Å². The Morgan fingerprint density at radius 2 is 2.11 bits per heavy atom. The third kappa shape index (κ3) is 4.41. The van der Waals surface area contributed by atoms with E-state index in [1.165, 1.54) is 25.7 Å². The Morgan fingerprint density at radius 1 is 1.42 bits per heavy atom. The number of nitrogens with zero attached hydrogens (tertiary/aromatic N) is 1. The van der Waals surface area contributed by atoms with Gasteiger partial charge in [-0.1, -0.05) is 24.6 Å². The molecule has 0 aromatic rings. The summed E-state index contributed by atoms with van der Waals surface area (Å²) in [4.78, 5) is 16.2. The van der Waals surface area contributed by atoms with Crippen LogP contribution < -0.4 is 10.6 Å². The van der Waals surface area contributed by atoms with E-state index in [0.717, 1.165) is 10.9 Å². The van der Waals surface area contributed by atoms with E-state index in [1.807, 2.05) is 32.5 Å². The van der Waals surface area contributed by atoms with E-state index >= 15 is 0 Å². The molecule has 1 amide bonds. The molecule has 1 heterocycles. The highest BCUT2D eigenvalue weighted by Gasteiger charge is 2.39. The molecule has 108 valence electrons. The second-order valence-electron chi connectivity index (χ2n) is 6.64. The minimum atomic E-state index is -0.154. The molecule has 1 saturated carbocycles. The van der Waals surface area contributed by atoms with Crippen LogP contribution in [-0.4, -0.2) is 34.5 Å². The number of carbonyl (C=O) groups excluding carboxylic acids is 1. The van der Waals surface area contributed by atoms with Crippen molar-refractivity contribution in [2.24, 2.45) is 4.99 Å². The first-order valence-electron chi connectivity index (χ1n) is 7.15. The maximum absolute atomic E-state index is 11.7. The van der Waals surface area contributed by atoms with Crippen LogP contribution in [0.4, 0.5) is 0 Å². The molecule has 0 radical (unpaired) electrons. The van der Waals surface area contributed by atoms with Gasteiger partial charge in [-0.05, 0) is 33.6 Å². The summed E-state index contributed by atoms with van der Waals surface area (Å²) in [6.07, 6.45) is 5.66. The Morgan fingerprint density at radius 3 is 2.74 bits per heavy atom. The number of amides is 1. The topological polar surface area (TPSA) is 53.5 Å². The smallest absolute Gasteiger partial charge is 0.222 e. The molecule has 2 aliphatic rings. The van der Waals surface area contributed by atoms with Gasteiger partial charge in [-0.15, -0.1) is 0 Å². The maximum Gasteiger partial charge on any atom is 0.222 e. The summed E-state index contributed by atoms with van der Waals surface area (Å²) in [6.45, 7) is 6.56. The lowest BCUT2D eigenvalue weighted by Crippen LogP contribution is -2.41. The summed E-state index contributed by atoms with van der Waals surface area (Å²) < 4.78 is 0. The molecule has 2 N–H and O–H groups in total. The van der Waals surface area contributed by atoms with Crippen molar-refractivity contribution < 1.29 is 4.79 Å². The van der Waals surface area contributed by atoms with Crippen LogP contribution in [-0.2, 0) is 4.79 Å². The maximum atomic E-state index is 11.7. The Kier molecular flexibility index (Phi) is 4.43. The van der Waals surface area contributed by atoms with Crippen LogP contribution in [0.3, 0.4) is 0 Å². The van der Waals surface area contributed by atoms with Crippen molar-refractivity contribution in [1.82, 2.24) is 10.6 Å². The van der Waals surface area contributed by atoms with E-state index in [9.17, 15) is 4.79 Å². The van der Waals surface area contributed by atoms with Gasteiger partial charge >= 0.3 is 0 Å². The Bertz CT molecular complexity index is 367.